The van der Waals surface area contributed by atoms with Gasteiger partial charge in [-0.1, -0.05) is 6.92 Å². The molecule has 4 heterocycles. The summed E-state index contributed by atoms with van der Waals surface area (Å²) < 4.78 is 20.8. The zero-order valence-corrected chi connectivity index (χ0v) is 18.0. The molecule has 0 aliphatic carbocycles. The summed E-state index contributed by atoms with van der Waals surface area (Å²) in [6.45, 7) is 3.06. The lowest BCUT2D eigenvalue weighted by Crippen LogP contribution is -2.44. The predicted molar refractivity (Wildman–Crippen MR) is 116 cm³/mol. The molecule has 0 saturated heterocycles. The smallest absolute Gasteiger partial charge is 0.343 e. The average molecular weight is 452 g/mol. The van der Waals surface area contributed by atoms with E-state index in [1.807, 2.05) is 0 Å². The van der Waals surface area contributed by atoms with E-state index in [-0.39, 0.29) is 48.8 Å². The SMILES string of the molecule is CC[C@@]1(O)C(=O)OCc2c1cc1n(c2=O)Cc2c-1nc1cc(F)c(N)cc1c2CNC(C)=O. The number of aliphatic hydroxyl groups is 1. The van der Waals surface area contributed by atoms with Crippen LogP contribution < -0.4 is 16.6 Å². The number of anilines is 1. The molecule has 5 rings (SSSR count). The van der Waals surface area contributed by atoms with Crippen molar-refractivity contribution in [1.82, 2.24) is 14.9 Å². The number of hydrogen-bond donors (Lipinski definition) is 3. The van der Waals surface area contributed by atoms with Crippen molar-refractivity contribution in [3.05, 3.63) is 56.6 Å². The Morgan fingerprint density at radius 1 is 1.33 bits per heavy atom. The molecule has 0 saturated carbocycles. The van der Waals surface area contributed by atoms with Crippen LogP contribution in [0.5, 0.6) is 0 Å². The van der Waals surface area contributed by atoms with E-state index in [4.69, 9.17) is 10.5 Å². The minimum absolute atomic E-state index is 0.0258. The number of fused-ring (bicyclic) bond motifs is 5. The fraction of sp³-hybridized carbons (Fsp3) is 0.304. The molecule has 1 amide bonds. The van der Waals surface area contributed by atoms with Crippen molar-refractivity contribution < 1.29 is 23.8 Å². The number of esters is 1. The van der Waals surface area contributed by atoms with Crippen LogP contribution in [-0.4, -0.2) is 26.5 Å². The van der Waals surface area contributed by atoms with Gasteiger partial charge in [0.1, 0.15) is 12.4 Å². The molecule has 0 unspecified atom stereocenters. The molecule has 4 N–H and O–H groups in total. The first-order valence-corrected chi connectivity index (χ1v) is 10.5. The van der Waals surface area contributed by atoms with Gasteiger partial charge in [-0.15, -0.1) is 0 Å². The number of cyclic esters (lactones) is 1. The van der Waals surface area contributed by atoms with Crippen LogP contribution in [0.15, 0.2) is 23.0 Å². The van der Waals surface area contributed by atoms with Gasteiger partial charge in [-0.3, -0.25) is 9.59 Å². The zero-order valence-electron chi connectivity index (χ0n) is 18.0. The highest BCUT2D eigenvalue weighted by Gasteiger charge is 2.45. The van der Waals surface area contributed by atoms with Crippen LogP contribution in [0.4, 0.5) is 10.1 Å². The maximum atomic E-state index is 14.2. The number of nitrogens with two attached hydrogens (primary N) is 1. The lowest BCUT2D eigenvalue weighted by atomic mass is 9.86. The van der Waals surface area contributed by atoms with Crippen molar-refractivity contribution >= 4 is 28.5 Å². The third-order valence-corrected chi connectivity index (χ3v) is 6.44. The van der Waals surface area contributed by atoms with Gasteiger partial charge in [-0.05, 0) is 24.1 Å². The van der Waals surface area contributed by atoms with Gasteiger partial charge in [0, 0.05) is 36.0 Å². The molecule has 0 fully saturated rings. The molecule has 2 aliphatic rings. The normalized spacial score (nSPS) is 18.5. The Morgan fingerprint density at radius 3 is 2.79 bits per heavy atom. The summed E-state index contributed by atoms with van der Waals surface area (Å²) in [7, 11) is 0. The van der Waals surface area contributed by atoms with E-state index in [0.717, 1.165) is 0 Å². The Hall–Kier alpha value is -3.79. The molecule has 0 bridgehead atoms. The van der Waals surface area contributed by atoms with Crippen molar-refractivity contribution in [3.63, 3.8) is 0 Å². The molecular weight excluding hydrogens is 431 g/mol. The monoisotopic (exact) mass is 452 g/mol. The van der Waals surface area contributed by atoms with Crippen LogP contribution in [0.3, 0.4) is 0 Å². The first-order chi connectivity index (χ1) is 15.7. The minimum Gasteiger partial charge on any atom is -0.458 e. The number of amides is 1. The molecule has 2 aromatic heterocycles. The Kier molecular flexibility index (Phi) is 4.54. The Balaban J connectivity index is 1.81. The van der Waals surface area contributed by atoms with E-state index in [0.29, 0.717) is 33.4 Å². The molecule has 0 spiro atoms. The summed E-state index contributed by atoms with van der Waals surface area (Å²) in [4.78, 5) is 41.9. The molecule has 33 heavy (non-hydrogen) atoms. The molecule has 170 valence electrons. The lowest BCUT2D eigenvalue weighted by Gasteiger charge is -2.31. The van der Waals surface area contributed by atoms with Crippen LogP contribution >= 0.6 is 0 Å². The molecular formula is C23H21FN4O5. The average Bonchev–Trinajstić information content (AvgIpc) is 3.14. The maximum Gasteiger partial charge on any atom is 0.343 e. The van der Waals surface area contributed by atoms with E-state index in [9.17, 15) is 23.9 Å². The number of aromatic nitrogens is 2. The first-order valence-electron chi connectivity index (χ1n) is 10.5. The topological polar surface area (TPSA) is 137 Å². The molecule has 3 aromatic rings. The second-order valence-corrected chi connectivity index (χ2v) is 8.32. The van der Waals surface area contributed by atoms with Crippen molar-refractivity contribution in [1.29, 1.82) is 0 Å². The third kappa shape index (κ3) is 2.94. The van der Waals surface area contributed by atoms with Gasteiger partial charge in [0.2, 0.25) is 5.91 Å². The zero-order chi connectivity index (χ0) is 23.7. The summed E-state index contributed by atoms with van der Waals surface area (Å²) in [5.74, 6) is -1.70. The van der Waals surface area contributed by atoms with Crippen molar-refractivity contribution in [3.8, 4) is 11.4 Å². The summed E-state index contributed by atoms with van der Waals surface area (Å²) in [6.07, 6.45) is 0.0258. The number of benzene rings is 1. The van der Waals surface area contributed by atoms with Gasteiger partial charge >= 0.3 is 5.97 Å². The summed E-state index contributed by atoms with van der Waals surface area (Å²) in [5, 5.41) is 14.3. The number of carbonyl (C=O) groups excluding carboxylic acids is 2. The highest BCUT2D eigenvalue weighted by atomic mass is 19.1. The van der Waals surface area contributed by atoms with Gasteiger partial charge in [0.15, 0.2) is 5.60 Å². The number of hydrogen-bond acceptors (Lipinski definition) is 7. The number of nitrogens with one attached hydrogen (secondary N) is 1. The number of pyridine rings is 2. The predicted octanol–water partition coefficient (Wildman–Crippen LogP) is 1.44. The molecule has 9 nitrogen and oxygen atoms in total. The van der Waals surface area contributed by atoms with E-state index in [1.54, 1.807) is 13.0 Å². The van der Waals surface area contributed by atoms with E-state index in [2.05, 4.69) is 10.3 Å². The maximum absolute atomic E-state index is 14.2. The minimum atomic E-state index is -1.94. The lowest BCUT2D eigenvalue weighted by molar-refractivity contribution is -0.172. The second-order valence-electron chi connectivity index (χ2n) is 8.32. The number of rotatable bonds is 3. The molecule has 2 aliphatic heterocycles. The van der Waals surface area contributed by atoms with E-state index in [1.165, 1.54) is 23.6 Å². The van der Waals surface area contributed by atoms with Crippen molar-refractivity contribution in [2.24, 2.45) is 0 Å². The van der Waals surface area contributed by atoms with Gasteiger partial charge < -0.3 is 25.5 Å². The van der Waals surface area contributed by atoms with Gasteiger partial charge in [0.05, 0.1) is 34.7 Å². The summed E-state index contributed by atoms with van der Waals surface area (Å²) in [6, 6.07) is 4.26. The Morgan fingerprint density at radius 2 is 2.09 bits per heavy atom. The highest BCUT2D eigenvalue weighted by molar-refractivity contribution is 5.91. The van der Waals surface area contributed by atoms with E-state index < -0.39 is 22.9 Å². The molecule has 1 aromatic carbocycles. The molecule has 1 atom stereocenters. The number of halogens is 1. The standard InChI is InChI=1S/C23H21FN4O5/c1-3-23(32)15-5-19-20-13(8-28(19)21(30)14(15)9-33-22(23)31)12(7-26-10(2)29)11-4-17(25)16(24)6-18(11)27-20/h4-6,32H,3,7-9,25H2,1-2H3,(H,26,29)/t23-/m0/s1. The fourth-order valence-corrected chi connectivity index (χ4v) is 4.61. The highest BCUT2D eigenvalue weighted by Crippen LogP contribution is 2.40. The fourth-order valence-electron chi connectivity index (χ4n) is 4.61. The Bertz CT molecular complexity index is 1450. The summed E-state index contributed by atoms with van der Waals surface area (Å²) >= 11 is 0. The first kappa shape index (κ1) is 21.1. The van der Waals surface area contributed by atoms with Crippen LogP contribution in [0.2, 0.25) is 0 Å². The Labute approximate surface area is 187 Å². The van der Waals surface area contributed by atoms with Crippen LogP contribution in [0.1, 0.15) is 42.5 Å². The number of ether oxygens (including phenoxy) is 1. The third-order valence-electron chi connectivity index (χ3n) is 6.44. The largest absolute Gasteiger partial charge is 0.458 e. The van der Waals surface area contributed by atoms with Crippen molar-refractivity contribution in [2.75, 3.05) is 5.73 Å². The van der Waals surface area contributed by atoms with Crippen molar-refractivity contribution in [2.45, 2.75) is 45.6 Å². The van der Waals surface area contributed by atoms with Crippen LogP contribution in [0.25, 0.3) is 22.3 Å². The summed E-state index contributed by atoms with van der Waals surface area (Å²) in [5.41, 5.74) is 6.26. The molecule has 10 heteroatoms. The second kappa shape index (κ2) is 7.11. The van der Waals surface area contributed by atoms with E-state index >= 15 is 0 Å². The van der Waals surface area contributed by atoms with Gasteiger partial charge in [-0.2, -0.15) is 0 Å². The molecule has 0 radical (unpaired) electrons. The number of nitrogens with zero attached hydrogens (tertiary/aromatic N) is 2. The van der Waals surface area contributed by atoms with Gasteiger partial charge in [0.25, 0.3) is 5.56 Å². The number of carbonyl (C=O) groups is 2. The quantitative estimate of drug-likeness (QED) is 0.316. The van der Waals surface area contributed by atoms with Crippen LogP contribution in [0, 0.1) is 5.82 Å². The van der Waals surface area contributed by atoms with Crippen LogP contribution in [-0.2, 0) is 39.6 Å². The number of nitrogen functional groups attached to an aromatic ring is 1. The van der Waals surface area contributed by atoms with Gasteiger partial charge in [-0.25, -0.2) is 14.2 Å².